The largest absolute Gasteiger partial charge is 0.349 e. The van der Waals surface area contributed by atoms with Crippen LogP contribution in [0.4, 0.5) is 0 Å². The maximum absolute atomic E-state index is 12.2. The van der Waals surface area contributed by atoms with E-state index in [1.807, 2.05) is 24.3 Å². The van der Waals surface area contributed by atoms with Crippen molar-refractivity contribution in [3.8, 4) is 5.69 Å². The Labute approximate surface area is 156 Å². The number of halogens is 2. The first-order valence-electron chi connectivity index (χ1n) is 7.75. The predicted octanol–water partition coefficient (Wildman–Crippen LogP) is 1.69. The van der Waals surface area contributed by atoms with Gasteiger partial charge in [0.2, 0.25) is 0 Å². The lowest BCUT2D eigenvalue weighted by Crippen LogP contribution is -2.46. The molecule has 0 atom stereocenters. The fourth-order valence-electron chi connectivity index (χ4n) is 2.56. The number of hydrogen-bond acceptors (Lipinski definition) is 4. The molecule has 3 rings (SSSR count). The van der Waals surface area contributed by atoms with E-state index in [0.717, 1.165) is 42.9 Å². The summed E-state index contributed by atoms with van der Waals surface area (Å²) < 4.78 is 2.68. The molecular weight excluding hydrogens is 394 g/mol. The van der Waals surface area contributed by atoms with Gasteiger partial charge in [-0.15, -0.1) is 12.4 Å². The molecule has 0 unspecified atom stereocenters. The van der Waals surface area contributed by atoms with Crippen LogP contribution in [0.1, 0.15) is 10.5 Å². The molecule has 0 bridgehead atoms. The Morgan fingerprint density at radius 1 is 1.29 bits per heavy atom. The first-order valence-corrected chi connectivity index (χ1v) is 8.54. The van der Waals surface area contributed by atoms with Crippen LogP contribution in [-0.2, 0) is 0 Å². The van der Waals surface area contributed by atoms with Crippen molar-refractivity contribution in [1.82, 2.24) is 25.3 Å². The molecule has 6 nitrogen and oxygen atoms in total. The molecular formula is C16H21BrClN5O. The summed E-state index contributed by atoms with van der Waals surface area (Å²) in [6.45, 7) is 5.62. The van der Waals surface area contributed by atoms with Crippen LogP contribution in [0.25, 0.3) is 5.69 Å². The maximum Gasteiger partial charge on any atom is 0.271 e. The van der Waals surface area contributed by atoms with Gasteiger partial charge in [0.25, 0.3) is 5.91 Å². The van der Waals surface area contributed by atoms with Crippen molar-refractivity contribution in [2.45, 2.75) is 0 Å². The van der Waals surface area contributed by atoms with Gasteiger partial charge in [-0.1, -0.05) is 22.0 Å². The lowest BCUT2D eigenvalue weighted by Gasteiger charge is -2.26. The Bertz CT molecular complexity index is 672. The summed E-state index contributed by atoms with van der Waals surface area (Å²) in [5.41, 5.74) is 1.35. The van der Waals surface area contributed by atoms with Crippen molar-refractivity contribution in [2.75, 3.05) is 39.3 Å². The van der Waals surface area contributed by atoms with E-state index in [1.54, 1.807) is 16.9 Å². The summed E-state index contributed by atoms with van der Waals surface area (Å²) in [5, 5.41) is 10.6. The lowest BCUT2D eigenvalue weighted by molar-refractivity contribution is 0.0942. The summed E-state index contributed by atoms with van der Waals surface area (Å²) in [6.07, 6.45) is 1.80. The van der Waals surface area contributed by atoms with Crippen molar-refractivity contribution < 1.29 is 4.79 Å². The van der Waals surface area contributed by atoms with Gasteiger partial charge in [0, 0.05) is 49.9 Å². The number of piperazine rings is 1. The summed E-state index contributed by atoms with van der Waals surface area (Å²) in [5.74, 6) is -0.131. The molecule has 24 heavy (non-hydrogen) atoms. The third-order valence-electron chi connectivity index (χ3n) is 3.82. The van der Waals surface area contributed by atoms with Crippen LogP contribution in [0, 0.1) is 0 Å². The van der Waals surface area contributed by atoms with Crippen LogP contribution in [0.3, 0.4) is 0 Å². The number of carbonyl (C=O) groups excluding carboxylic acids is 1. The fourth-order valence-corrected chi connectivity index (χ4v) is 2.95. The molecule has 0 saturated carbocycles. The normalized spacial score (nSPS) is 14.9. The van der Waals surface area contributed by atoms with E-state index in [-0.39, 0.29) is 18.3 Å². The Kier molecular flexibility index (Phi) is 7.23. The van der Waals surface area contributed by atoms with Crippen LogP contribution in [0.2, 0.25) is 0 Å². The first-order chi connectivity index (χ1) is 11.2. The second kappa shape index (κ2) is 9.17. The Hall–Kier alpha value is -1.41. The minimum absolute atomic E-state index is 0. The minimum Gasteiger partial charge on any atom is -0.349 e. The standard InChI is InChI=1S/C16H20BrN5O.ClH/c17-13-2-1-3-14(12-13)22-8-4-15(20-22)16(23)19-7-11-21-9-5-18-6-10-21;/h1-4,8,12,18H,5-7,9-11H2,(H,19,23);1H. The van der Waals surface area contributed by atoms with Gasteiger partial charge in [0.15, 0.2) is 5.69 Å². The van der Waals surface area contributed by atoms with Crippen LogP contribution in [-0.4, -0.2) is 59.9 Å². The predicted molar refractivity (Wildman–Crippen MR) is 100 cm³/mol. The fraction of sp³-hybridized carbons (Fsp3) is 0.375. The molecule has 0 spiro atoms. The highest BCUT2D eigenvalue weighted by molar-refractivity contribution is 9.10. The number of carbonyl (C=O) groups is 1. The molecule has 1 aromatic carbocycles. The van der Waals surface area contributed by atoms with Crippen molar-refractivity contribution in [3.05, 3.63) is 46.7 Å². The van der Waals surface area contributed by atoms with Gasteiger partial charge in [-0.25, -0.2) is 4.68 Å². The minimum atomic E-state index is -0.131. The Balaban J connectivity index is 0.00000208. The topological polar surface area (TPSA) is 62.2 Å². The molecule has 1 amide bonds. The second-order valence-electron chi connectivity index (χ2n) is 5.47. The van der Waals surface area contributed by atoms with Gasteiger partial charge >= 0.3 is 0 Å². The number of nitrogens with zero attached hydrogens (tertiary/aromatic N) is 3. The lowest BCUT2D eigenvalue weighted by atomic mass is 10.3. The highest BCUT2D eigenvalue weighted by atomic mass is 79.9. The average Bonchev–Trinajstić information content (AvgIpc) is 3.06. The van der Waals surface area contributed by atoms with Crippen LogP contribution >= 0.6 is 28.3 Å². The van der Waals surface area contributed by atoms with Gasteiger partial charge in [-0.2, -0.15) is 5.10 Å². The third-order valence-corrected chi connectivity index (χ3v) is 4.31. The van der Waals surface area contributed by atoms with E-state index in [2.05, 4.69) is 36.6 Å². The van der Waals surface area contributed by atoms with Crippen LogP contribution < -0.4 is 10.6 Å². The first kappa shape index (κ1) is 18.9. The number of amides is 1. The van der Waals surface area contributed by atoms with E-state index in [4.69, 9.17) is 0 Å². The zero-order chi connectivity index (χ0) is 16.1. The van der Waals surface area contributed by atoms with E-state index >= 15 is 0 Å². The van der Waals surface area contributed by atoms with Gasteiger partial charge in [-0.05, 0) is 24.3 Å². The van der Waals surface area contributed by atoms with Crippen molar-refractivity contribution in [2.24, 2.45) is 0 Å². The monoisotopic (exact) mass is 413 g/mol. The molecule has 1 aliphatic heterocycles. The zero-order valence-electron chi connectivity index (χ0n) is 13.2. The Morgan fingerprint density at radius 2 is 2.08 bits per heavy atom. The summed E-state index contributed by atoms with van der Waals surface area (Å²) in [4.78, 5) is 14.5. The molecule has 130 valence electrons. The zero-order valence-corrected chi connectivity index (χ0v) is 15.6. The number of rotatable bonds is 5. The van der Waals surface area contributed by atoms with Crippen LogP contribution in [0.15, 0.2) is 41.0 Å². The van der Waals surface area contributed by atoms with E-state index < -0.39 is 0 Å². The number of nitrogens with one attached hydrogen (secondary N) is 2. The average molecular weight is 415 g/mol. The van der Waals surface area contributed by atoms with E-state index in [0.29, 0.717) is 12.2 Å². The molecule has 2 aromatic rings. The summed E-state index contributed by atoms with van der Waals surface area (Å²) >= 11 is 3.44. The number of aromatic nitrogens is 2. The van der Waals surface area contributed by atoms with E-state index in [9.17, 15) is 4.79 Å². The van der Waals surface area contributed by atoms with Gasteiger partial charge in [0.1, 0.15) is 0 Å². The highest BCUT2D eigenvalue weighted by Gasteiger charge is 2.12. The van der Waals surface area contributed by atoms with Crippen molar-refractivity contribution in [1.29, 1.82) is 0 Å². The molecule has 0 radical (unpaired) electrons. The quantitative estimate of drug-likeness (QED) is 0.782. The van der Waals surface area contributed by atoms with Crippen LogP contribution in [0.5, 0.6) is 0 Å². The smallest absolute Gasteiger partial charge is 0.271 e. The van der Waals surface area contributed by atoms with E-state index in [1.165, 1.54) is 0 Å². The van der Waals surface area contributed by atoms with Gasteiger partial charge in [0.05, 0.1) is 5.69 Å². The highest BCUT2D eigenvalue weighted by Crippen LogP contribution is 2.15. The molecule has 2 heterocycles. The molecule has 0 aliphatic carbocycles. The molecule has 8 heteroatoms. The molecule has 2 N–H and O–H groups in total. The van der Waals surface area contributed by atoms with Crippen molar-refractivity contribution in [3.63, 3.8) is 0 Å². The molecule has 1 aromatic heterocycles. The molecule has 1 aliphatic rings. The van der Waals surface area contributed by atoms with Crippen molar-refractivity contribution >= 4 is 34.2 Å². The second-order valence-corrected chi connectivity index (χ2v) is 6.39. The maximum atomic E-state index is 12.2. The third kappa shape index (κ3) is 5.04. The number of benzene rings is 1. The summed E-state index contributed by atoms with van der Waals surface area (Å²) in [7, 11) is 0. The number of hydrogen-bond donors (Lipinski definition) is 2. The molecule has 1 saturated heterocycles. The van der Waals surface area contributed by atoms with Gasteiger partial charge < -0.3 is 10.6 Å². The summed E-state index contributed by atoms with van der Waals surface area (Å²) in [6, 6.07) is 9.54. The SMILES string of the molecule is Cl.O=C(NCCN1CCNCC1)c1ccn(-c2cccc(Br)c2)n1. The molecule has 1 fully saturated rings. The van der Waals surface area contributed by atoms with Gasteiger partial charge in [-0.3, -0.25) is 9.69 Å². The Morgan fingerprint density at radius 3 is 2.83 bits per heavy atom.